The third-order valence-corrected chi connectivity index (χ3v) is 0.813. The number of ketones is 1. The van der Waals surface area contributed by atoms with Crippen LogP contribution in [0.5, 0.6) is 0 Å². The van der Waals surface area contributed by atoms with Gasteiger partial charge in [0.1, 0.15) is 0 Å². The Bertz CT molecular complexity index is 137. The minimum atomic E-state index is -0.954. The van der Waals surface area contributed by atoms with Crippen molar-refractivity contribution in [3.8, 4) is 0 Å². The number of carbonyl (C=O) groups is 2. The molecule has 0 aromatic heterocycles. The van der Waals surface area contributed by atoms with Gasteiger partial charge in [-0.05, 0) is 6.08 Å². The van der Waals surface area contributed by atoms with Crippen molar-refractivity contribution >= 4 is 11.8 Å². The molecular weight excluding hydrogens is 120 g/mol. The summed E-state index contributed by atoms with van der Waals surface area (Å²) in [6.07, 6.45) is 1.08. The number of hydrogen-bond donors (Lipinski definition) is 1. The fourth-order valence-electron chi connectivity index (χ4n) is 0.332. The summed E-state index contributed by atoms with van der Waals surface area (Å²) in [6, 6.07) is 0. The number of carboxylic acid groups (broad SMARTS) is 1. The molecule has 0 rings (SSSR count). The zero-order valence-electron chi connectivity index (χ0n) is 4.96. The van der Waals surface area contributed by atoms with Crippen molar-refractivity contribution in [3.63, 3.8) is 0 Å². The summed E-state index contributed by atoms with van der Waals surface area (Å²) in [4.78, 5) is 20.2. The number of carbonyl (C=O) groups excluding carboxylic acids is 1. The van der Waals surface area contributed by atoms with E-state index in [9.17, 15) is 9.59 Å². The van der Waals surface area contributed by atoms with Gasteiger partial charge in [0.05, 0.1) is 6.42 Å². The van der Waals surface area contributed by atoms with Crippen LogP contribution < -0.4 is 0 Å². The molecule has 1 N–H and O–H groups in total. The van der Waals surface area contributed by atoms with Crippen molar-refractivity contribution in [2.45, 2.75) is 12.8 Å². The van der Waals surface area contributed by atoms with Crippen LogP contribution >= 0.6 is 0 Å². The molecule has 3 nitrogen and oxygen atoms in total. The lowest BCUT2D eigenvalue weighted by molar-refractivity contribution is -0.138. The Morgan fingerprint density at radius 1 is 1.44 bits per heavy atom. The highest BCUT2D eigenvalue weighted by atomic mass is 16.4. The molecule has 3 heteroatoms. The molecule has 50 valence electrons. The van der Waals surface area contributed by atoms with Crippen molar-refractivity contribution in [2.24, 2.45) is 0 Å². The van der Waals surface area contributed by atoms with Crippen molar-refractivity contribution < 1.29 is 14.7 Å². The van der Waals surface area contributed by atoms with Crippen LogP contribution in [0.4, 0.5) is 0 Å². The van der Waals surface area contributed by atoms with E-state index in [1.54, 1.807) is 0 Å². The van der Waals surface area contributed by atoms with Gasteiger partial charge in [-0.1, -0.05) is 6.58 Å². The summed E-state index contributed by atoms with van der Waals surface area (Å²) in [5, 5.41) is 8.07. The molecule has 9 heavy (non-hydrogen) atoms. The number of aliphatic carboxylic acids is 1. The third-order valence-electron chi connectivity index (χ3n) is 0.813. The van der Waals surface area contributed by atoms with Gasteiger partial charge >= 0.3 is 5.97 Å². The lowest BCUT2D eigenvalue weighted by Gasteiger charge is -1.87. The first kappa shape index (κ1) is 7.88. The van der Waals surface area contributed by atoms with Crippen molar-refractivity contribution in [1.29, 1.82) is 0 Å². The van der Waals surface area contributed by atoms with Gasteiger partial charge in [0.15, 0.2) is 5.78 Å². The van der Waals surface area contributed by atoms with E-state index in [4.69, 9.17) is 5.11 Å². The Morgan fingerprint density at radius 3 is 2.33 bits per heavy atom. The van der Waals surface area contributed by atoms with Crippen LogP contribution in [0.1, 0.15) is 12.8 Å². The van der Waals surface area contributed by atoms with E-state index in [0.29, 0.717) is 0 Å². The van der Waals surface area contributed by atoms with E-state index in [2.05, 4.69) is 6.58 Å². The van der Waals surface area contributed by atoms with Gasteiger partial charge in [-0.25, -0.2) is 0 Å². The summed E-state index contributed by atoms with van der Waals surface area (Å²) in [5.74, 6) is -1.18. The maximum Gasteiger partial charge on any atom is 0.303 e. The van der Waals surface area contributed by atoms with Gasteiger partial charge < -0.3 is 5.11 Å². The van der Waals surface area contributed by atoms with Gasteiger partial charge in [0, 0.05) is 6.42 Å². The van der Waals surface area contributed by atoms with Gasteiger partial charge in [-0.2, -0.15) is 0 Å². The van der Waals surface area contributed by atoms with E-state index in [1.165, 1.54) is 0 Å². The van der Waals surface area contributed by atoms with E-state index in [0.717, 1.165) is 6.08 Å². The molecule has 0 atom stereocenters. The minimum Gasteiger partial charge on any atom is -0.481 e. The van der Waals surface area contributed by atoms with Crippen molar-refractivity contribution in [2.75, 3.05) is 0 Å². The zero-order valence-corrected chi connectivity index (χ0v) is 4.96. The highest BCUT2D eigenvalue weighted by molar-refractivity contribution is 5.91. The van der Waals surface area contributed by atoms with Crippen LogP contribution in [0.2, 0.25) is 0 Å². The van der Waals surface area contributed by atoms with Crippen LogP contribution in [0.25, 0.3) is 0 Å². The fourth-order valence-corrected chi connectivity index (χ4v) is 0.332. The Balaban J connectivity index is 3.39. The van der Waals surface area contributed by atoms with Crippen LogP contribution in [0.15, 0.2) is 12.7 Å². The standard InChI is InChI=1S/C6H8O3/c1-2-5(7)3-4-6(8)9/h2H,1,3-4H2,(H,8,9). The molecule has 0 amide bonds. The predicted molar refractivity (Wildman–Crippen MR) is 32.1 cm³/mol. The maximum absolute atomic E-state index is 10.3. The summed E-state index contributed by atoms with van der Waals surface area (Å²) in [5.41, 5.74) is 0. The predicted octanol–water partition coefficient (Wildman–Crippen LogP) is 0.606. The third kappa shape index (κ3) is 4.74. The molecule has 0 aromatic carbocycles. The van der Waals surface area contributed by atoms with E-state index < -0.39 is 5.97 Å². The average molecular weight is 128 g/mol. The Morgan fingerprint density at radius 2 is 2.00 bits per heavy atom. The monoisotopic (exact) mass is 128 g/mol. The minimum absolute atomic E-state index is 0.0544. The number of allylic oxidation sites excluding steroid dienone is 1. The maximum atomic E-state index is 10.3. The smallest absolute Gasteiger partial charge is 0.303 e. The zero-order chi connectivity index (χ0) is 7.28. The molecular formula is C6H8O3. The normalized spacial score (nSPS) is 8.44. The highest BCUT2D eigenvalue weighted by Crippen LogP contribution is 1.90. The van der Waals surface area contributed by atoms with Gasteiger partial charge in [-0.15, -0.1) is 0 Å². The number of rotatable bonds is 4. The topological polar surface area (TPSA) is 54.4 Å². The second-order valence-corrected chi connectivity index (χ2v) is 1.56. The Kier molecular flexibility index (Phi) is 3.35. The molecule has 0 saturated heterocycles. The SMILES string of the molecule is C=CC(=O)CCC(=O)O. The molecule has 0 bridgehead atoms. The Labute approximate surface area is 53.0 Å². The average Bonchev–Trinajstić information content (AvgIpc) is 1.83. The van der Waals surface area contributed by atoms with E-state index >= 15 is 0 Å². The van der Waals surface area contributed by atoms with Gasteiger partial charge in [0.25, 0.3) is 0 Å². The second kappa shape index (κ2) is 3.83. The van der Waals surface area contributed by atoms with Gasteiger partial charge in [-0.3, -0.25) is 9.59 Å². The fraction of sp³-hybridized carbons (Fsp3) is 0.333. The summed E-state index contributed by atoms with van der Waals surface area (Å²) < 4.78 is 0. The molecule has 0 unspecified atom stereocenters. The highest BCUT2D eigenvalue weighted by Gasteiger charge is 1.99. The van der Waals surface area contributed by atoms with Crippen molar-refractivity contribution in [1.82, 2.24) is 0 Å². The molecule has 0 aromatic rings. The second-order valence-electron chi connectivity index (χ2n) is 1.56. The molecule has 0 aliphatic rings. The largest absolute Gasteiger partial charge is 0.481 e. The summed E-state index contributed by atoms with van der Waals surface area (Å²) in [6.45, 7) is 3.20. The quantitative estimate of drug-likeness (QED) is 0.564. The first-order valence-corrected chi connectivity index (χ1v) is 2.54. The number of carboxylic acids is 1. The van der Waals surface area contributed by atoms with Crippen LogP contribution in [-0.4, -0.2) is 16.9 Å². The van der Waals surface area contributed by atoms with Crippen LogP contribution in [0.3, 0.4) is 0 Å². The summed E-state index contributed by atoms with van der Waals surface area (Å²) in [7, 11) is 0. The first-order valence-electron chi connectivity index (χ1n) is 2.54. The van der Waals surface area contributed by atoms with Crippen molar-refractivity contribution in [3.05, 3.63) is 12.7 Å². The van der Waals surface area contributed by atoms with Gasteiger partial charge in [0.2, 0.25) is 0 Å². The lowest BCUT2D eigenvalue weighted by Crippen LogP contribution is -1.99. The molecule has 0 aliphatic heterocycles. The summed E-state index contributed by atoms with van der Waals surface area (Å²) >= 11 is 0. The lowest BCUT2D eigenvalue weighted by atomic mass is 10.2. The molecule has 0 aliphatic carbocycles. The first-order chi connectivity index (χ1) is 4.16. The molecule has 0 spiro atoms. The number of hydrogen-bond acceptors (Lipinski definition) is 2. The van der Waals surface area contributed by atoms with Crippen LogP contribution in [0, 0.1) is 0 Å². The molecule has 0 fully saturated rings. The molecule has 0 radical (unpaired) electrons. The molecule has 0 heterocycles. The van der Waals surface area contributed by atoms with E-state index in [1.807, 2.05) is 0 Å². The Hall–Kier alpha value is -1.12. The van der Waals surface area contributed by atoms with E-state index in [-0.39, 0.29) is 18.6 Å². The molecule has 0 saturated carbocycles. The van der Waals surface area contributed by atoms with Crippen LogP contribution in [-0.2, 0) is 9.59 Å².